The Balaban J connectivity index is 2.78. The molecular weight excluding hydrogens is 159 g/mol. The van der Waals surface area contributed by atoms with Gasteiger partial charge in [0.2, 0.25) is 0 Å². The summed E-state index contributed by atoms with van der Waals surface area (Å²) in [7, 11) is 0. The summed E-state index contributed by atoms with van der Waals surface area (Å²) in [5.74, 6) is -0.399. The van der Waals surface area contributed by atoms with Gasteiger partial charge in [-0.1, -0.05) is 0 Å². The van der Waals surface area contributed by atoms with E-state index in [1.165, 1.54) is 6.20 Å². The average Bonchev–Trinajstić information content (AvgIpc) is 2.53. The van der Waals surface area contributed by atoms with E-state index in [0.29, 0.717) is 11.0 Å². The Kier molecular flexibility index (Phi) is 1.55. The molecule has 0 aromatic carbocycles. The fraction of sp³-hybridized carbons (Fsp3) is 0.125. The number of hydrogen-bond donors (Lipinski definition) is 2. The topological polar surface area (TPSA) is 48.9 Å². The first kappa shape index (κ1) is 7.24. The molecule has 0 amide bonds. The van der Waals surface area contributed by atoms with E-state index in [-0.39, 0.29) is 12.2 Å². The van der Waals surface area contributed by atoms with Crippen molar-refractivity contribution in [3.63, 3.8) is 0 Å². The van der Waals surface area contributed by atoms with Gasteiger partial charge in [0.25, 0.3) is 0 Å². The summed E-state index contributed by atoms with van der Waals surface area (Å²) in [6, 6.07) is 1.59. The molecule has 12 heavy (non-hydrogen) atoms. The van der Waals surface area contributed by atoms with Gasteiger partial charge in [-0.25, -0.2) is 9.37 Å². The van der Waals surface area contributed by atoms with Crippen LogP contribution in [-0.4, -0.2) is 15.1 Å². The van der Waals surface area contributed by atoms with Crippen molar-refractivity contribution < 1.29 is 9.50 Å². The average molecular weight is 166 g/mol. The Morgan fingerprint density at radius 3 is 3.17 bits per heavy atom. The maximum absolute atomic E-state index is 13.3. The van der Waals surface area contributed by atoms with E-state index in [0.717, 1.165) is 0 Å². The molecule has 0 fully saturated rings. The van der Waals surface area contributed by atoms with E-state index in [1.54, 1.807) is 12.3 Å². The summed E-state index contributed by atoms with van der Waals surface area (Å²) in [5, 5.41) is 9.14. The largest absolute Gasteiger partial charge is 0.392 e. The fourth-order valence-corrected chi connectivity index (χ4v) is 1.13. The van der Waals surface area contributed by atoms with E-state index >= 15 is 0 Å². The molecule has 2 N–H and O–H groups in total. The molecule has 2 aromatic heterocycles. The Labute approximate surface area is 67.9 Å². The molecule has 0 radical (unpaired) electrons. The monoisotopic (exact) mass is 166 g/mol. The van der Waals surface area contributed by atoms with Crippen molar-refractivity contribution in [1.82, 2.24) is 9.97 Å². The zero-order valence-electron chi connectivity index (χ0n) is 6.21. The van der Waals surface area contributed by atoms with Crippen molar-refractivity contribution in [3.8, 4) is 0 Å². The minimum absolute atomic E-state index is 0.224. The summed E-state index contributed by atoms with van der Waals surface area (Å²) in [4.78, 5) is 6.70. The molecule has 0 unspecified atom stereocenters. The van der Waals surface area contributed by atoms with Crippen LogP contribution < -0.4 is 0 Å². The summed E-state index contributed by atoms with van der Waals surface area (Å²) in [6.45, 7) is -0.319. The first-order chi connectivity index (χ1) is 5.83. The molecule has 62 valence electrons. The number of aromatic nitrogens is 2. The predicted octanol–water partition coefficient (Wildman–Crippen LogP) is 1.19. The number of aliphatic hydroxyl groups is 1. The van der Waals surface area contributed by atoms with E-state index in [4.69, 9.17) is 5.11 Å². The van der Waals surface area contributed by atoms with Crippen LogP contribution in [0.25, 0.3) is 11.0 Å². The molecule has 2 aromatic rings. The number of halogens is 1. The molecule has 0 spiro atoms. The number of fused-ring (bicyclic) bond motifs is 1. The lowest BCUT2D eigenvalue weighted by atomic mass is 10.2. The Morgan fingerprint density at radius 2 is 2.42 bits per heavy atom. The minimum Gasteiger partial charge on any atom is -0.392 e. The van der Waals surface area contributed by atoms with Gasteiger partial charge < -0.3 is 10.1 Å². The third kappa shape index (κ3) is 0.887. The molecule has 0 atom stereocenters. The quantitative estimate of drug-likeness (QED) is 0.668. The number of nitrogens with zero attached hydrogens (tertiary/aromatic N) is 1. The molecule has 4 heteroatoms. The molecule has 0 aliphatic heterocycles. The zero-order chi connectivity index (χ0) is 8.55. The minimum atomic E-state index is -0.399. The van der Waals surface area contributed by atoms with E-state index < -0.39 is 5.82 Å². The highest BCUT2D eigenvalue weighted by atomic mass is 19.1. The van der Waals surface area contributed by atoms with Crippen molar-refractivity contribution in [2.24, 2.45) is 0 Å². The highest BCUT2D eigenvalue weighted by molar-refractivity contribution is 5.76. The Bertz CT molecular complexity index is 410. The van der Waals surface area contributed by atoms with Crippen LogP contribution in [0.5, 0.6) is 0 Å². The summed E-state index contributed by atoms with van der Waals surface area (Å²) in [6.07, 6.45) is 2.94. The standard InChI is InChI=1S/C8H7FN2O/c9-7-5(4-12)3-11-8-6(7)1-2-10-8/h1-3,12H,4H2,(H,10,11). The third-order valence-corrected chi connectivity index (χ3v) is 1.76. The van der Waals surface area contributed by atoms with Crippen LogP contribution in [0.3, 0.4) is 0 Å². The Hall–Kier alpha value is -1.42. The molecule has 0 aliphatic rings. The van der Waals surface area contributed by atoms with Gasteiger partial charge in [-0.2, -0.15) is 0 Å². The zero-order valence-corrected chi connectivity index (χ0v) is 6.21. The first-order valence-electron chi connectivity index (χ1n) is 3.54. The van der Waals surface area contributed by atoms with Gasteiger partial charge in [0.05, 0.1) is 12.0 Å². The van der Waals surface area contributed by atoms with Gasteiger partial charge in [-0.3, -0.25) is 0 Å². The van der Waals surface area contributed by atoms with Crippen LogP contribution in [0.4, 0.5) is 4.39 Å². The number of hydrogen-bond acceptors (Lipinski definition) is 2. The number of pyridine rings is 1. The Morgan fingerprint density at radius 1 is 1.58 bits per heavy atom. The van der Waals surface area contributed by atoms with Crippen LogP contribution in [-0.2, 0) is 6.61 Å². The second-order valence-corrected chi connectivity index (χ2v) is 2.50. The summed E-state index contributed by atoms with van der Waals surface area (Å²) >= 11 is 0. The molecule has 2 rings (SSSR count). The van der Waals surface area contributed by atoms with Crippen LogP contribution >= 0.6 is 0 Å². The van der Waals surface area contributed by atoms with Gasteiger partial charge in [0.1, 0.15) is 11.5 Å². The summed E-state index contributed by atoms with van der Waals surface area (Å²) in [5.41, 5.74) is 0.729. The van der Waals surface area contributed by atoms with Gasteiger partial charge >= 0.3 is 0 Å². The summed E-state index contributed by atoms with van der Waals surface area (Å²) < 4.78 is 13.3. The molecule has 2 heterocycles. The van der Waals surface area contributed by atoms with Crippen molar-refractivity contribution in [1.29, 1.82) is 0 Å². The molecule has 0 bridgehead atoms. The van der Waals surface area contributed by atoms with Crippen LogP contribution in [0.1, 0.15) is 5.56 Å². The second kappa shape index (κ2) is 2.57. The highest BCUT2D eigenvalue weighted by Crippen LogP contribution is 2.17. The predicted molar refractivity (Wildman–Crippen MR) is 42.0 cm³/mol. The number of aromatic amines is 1. The fourth-order valence-electron chi connectivity index (χ4n) is 1.13. The van der Waals surface area contributed by atoms with Gasteiger partial charge in [-0.05, 0) is 6.07 Å². The lowest BCUT2D eigenvalue weighted by Crippen LogP contribution is -1.92. The number of H-pyrrole nitrogens is 1. The first-order valence-corrected chi connectivity index (χ1v) is 3.54. The molecule has 3 nitrogen and oxygen atoms in total. The van der Waals surface area contributed by atoms with Gasteiger partial charge in [0.15, 0.2) is 0 Å². The van der Waals surface area contributed by atoms with Gasteiger partial charge in [-0.15, -0.1) is 0 Å². The van der Waals surface area contributed by atoms with Crippen LogP contribution in [0, 0.1) is 5.82 Å². The molecule has 0 saturated heterocycles. The number of nitrogens with one attached hydrogen (secondary N) is 1. The van der Waals surface area contributed by atoms with Crippen LogP contribution in [0.15, 0.2) is 18.5 Å². The van der Waals surface area contributed by atoms with Crippen molar-refractivity contribution >= 4 is 11.0 Å². The van der Waals surface area contributed by atoms with Crippen LogP contribution in [0.2, 0.25) is 0 Å². The van der Waals surface area contributed by atoms with Crippen molar-refractivity contribution in [2.45, 2.75) is 6.61 Å². The van der Waals surface area contributed by atoms with E-state index in [9.17, 15) is 4.39 Å². The smallest absolute Gasteiger partial charge is 0.141 e. The van der Waals surface area contributed by atoms with E-state index in [2.05, 4.69) is 9.97 Å². The van der Waals surface area contributed by atoms with E-state index in [1.807, 2.05) is 0 Å². The number of aliphatic hydroxyl groups excluding tert-OH is 1. The normalized spacial score (nSPS) is 10.8. The molecule has 0 aliphatic carbocycles. The molecule has 0 saturated carbocycles. The SMILES string of the molecule is OCc1cnc2[nH]ccc2c1F. The number of rotatable bonds is 1. The maximum atomic E-state index is 13.3. The lowest BCUT2D eigenvalue weighted by Gasteiger charge is -1.97. The lowest BCUT2D eigenvalue weighted by molar-refractivity contribution is 0.276. The highest BCUT2D eigenvalue weighted by Gasteiger charge is 2.07. The maximum Gasteiger partial charge on any atom is 0.141 e. The van der Waals surface area contributed by atoms with Gasteiger partial charge in [0, 0.05) is 18.0 Å². The van der Waals surface area contributed by atoms with Crippen molar-refractivity contribution in [3.05, 3.63) is 29.8 Å². The third-order valence-electron chi connectivity index (χ3n) is 1.76. The molecular formula is C8H7FN2O. The second-order valence-electron chi connectivity index (χ2n) is 2.50. The van der Waals surface area contributed by atoms with Crippen molar-refractivity contribution in [2.75, 3.05) is 0 Å².